The van der Waals surface area contributed by atoms with Crippen LogP contribution in [-0.4, -0.2) is 22.8 Å². The topological polar surface area (TPSA) is 87.3 Å². The minimum absolute atomic E-state index is 0.0832. The molecular formula is C9H7N3O3S2. The highest BCUT2D eigenvalue weighted by atomic mass is 32.1. The maximum Gasteiger partial charge on any atom is 0.248 e. The van der Waals surface area contributed by atoms with Crippen molar-refractivity contribution in [3.8, 4) is 0 Å². The normalized spacial score (nSPS) is 16.4. The Morgan fingerprint density at radius 3 is 2.53 bits per heavy atom. The summed E-state index contributed by atoms with van der Waals surface area (Å²) in [6.07, 6.45) is 0. The Morgan fingerprint density at radius 2 is 2.00 bits per heavy atom. The van der Waals surface area contributed by atoms with Crippen LogP contribution in [0.15, 0.2) is 17.5 Å². The number of hydrogen-bond donors (Lipinski definition) is 3. The van der Waals surface area contributed by atoms with E-state index in [9.17, 15) is 14.4 Å². The summed E-state index contributed by atoms with van der Waals surface area (Å²) in [5, 5.41) is 9.19. The number of thiocarbonyl (C=S) groups is 1. The number of carbonyl (C=O) groups excluding carboxylic acids is 3. The Hall–Kier alpha value is -1.80. The van der Waals surface area contributed by atoms with Crippen molar-refractivity contribution < 1.29 is 14.4 Å². The van der Waals surface area contributed by atoms with Crippen molar-refractivity contribution in [2.45, 2.75) is 0 Å². The number of nitrogens with one attached hydrogen (secondary N) is 3. The zero-order valence-electron chi connectivity index (χ0n) is 8.35. The first-order valence-electron chi connectivity index (χ1n) is 4.58. The summed E-state index contributed by atoms with van der Waals surface area (Å²) in [5.41, 5.74) is 0. The van der Waals surface area contributed by atoms with Crippen LogP contribution in [0.2, 0.25) is 0 Å². The van der Waals surface area contributed by atoms with Gasteiger partial charge in [0.1, 0.15) is 0 Å². The van der Waals surface area contributed by atoms with E-state index >= 15 is 0 Å². The number of rotatable bonds is 2. The van der Waals surface area contributed by atoms with Gasteiger partial charge in [0.15, 0.2) is 11.0 Å². The van der Waals surface area contributed by atoms with Crippen LogP contribution < -0.4 is 16.0 Å². The van der Waals surface area contributed by atoms with Crippen molar-refractivity contribution in [1.29, 1.82) is 0 Å². The second-order valence-electron chi connectivity index (χ2n) is 3.21. The lowest BCUT2D eigenvalue weighted by Gasteiger charge is -2.21. The maximum atomic E-state index is 11.7. The molecule has 1 aromatic rings. The lowest BCUT2D eigenvalue weighted by Crippen LogP contribution is -2.58. The van der Waals surface area contributed by atoms with Gasteiger partial charge < -0.3 is 16.0 Å². The Bertz CT molecular complexity index is 478. The summed E-state index contributed by atoms with van der Waals surface area (Å²) in [6.45, 7) is 0. The molecule has 0 radical (unpaired) electrons. The predicted octanol–water partition coefficient (Wildman–Crippen LogP) is -0.166. The standard InChI is InChI=1S/C9H7N3O3S2/c13-6(10-4-2-1-3-17-4)5-7(14)11-9(16)12-8(5)15/h1-3,5H,(H,10,13)(H2,11,12,14,15,16). The summed E-state index contributed by atoms with van der Waals surface area (Å²) in [4.78, 5) is 34.7. The van der Waals surface area contributed by atoms with E-state index in [-0.39, 0.29) is 5.11 Å². The highest BCUT2D eigenvalue weighted by Gasteiger charge is 2.38. The zero-order valence-corrected chi connectivity index (χ0v) is 9.98. The van der Waals surface area contributed by atoms with Gasteiger partial charge in [-0.15, -0.1) is 11.3 Å². The summed E-state index contributed by atoms with van der Waals surface area (Å²) in [6, 6.07) is 3.42. The van der Waals surface area contributed by atoms with Crippen molar-refractivity contribution in [2.75, 3.05) is 5.32 Å². The molecule has 0 aromatic carbocycles. The quantitative estimate of drug-likeness (QED) is 0.514. The van der Waals surface area contributed by atoms with E-state index in [0.717, 1.165) is 0 Å². The first kappa shape index (κ1) is 11.7. The molecule has 3 amide bonds. The molecule has 1 aromatic heterocycles. The molecule has 0 spiro atoms. The molecule has 17 heavy (non-hydrogen) atoms. The maximum absolute atomic E-state index is 11.7. The first-order chi connectivity index (χ1) is 8.08. The second-order valence-corrected chi connectivity index (χ2v) is 4.56. The van der Waals surface area contributed by atoms with E-state index in [2.05, 4.69) is 28.2 Å². The van der Waals surface area contributed by atoms with Gasteiger partial charge in [-0.25, -0.2) is 0 Å². The van der Waals surface area contributed by atoms with Crippen LogP contribution in [0, 0.1) is 5.92 Å². The Labute approximate surface area is 105 Å². The summed E-state index contributed by atoms with van der Waals surface area (Å²) in [5.74, 6) is -3.52. The number of carbonyl (C=O) groups is 3. The largest absolute Gasteiger partial charge is 0.317 e. The molecule has 2 rings (SSSR count). The molecule has 1 aliphatic heterocycles. The van der Waals surface area contributed by atoms with Crippen molar-refractivity contribution >= 4 is 51.4 Å². The number of hydrogen-bond acceptors (Lipinski definition) is 5. The SMILES string of the molecule is O=C1NC(=S)NC(=O)C1C(=O)Nc1cccs1. The molecule has 6 nitrogen and oxygen atoms in total. The number of amides is 3. The van der Waals surface area contributed by atoms with Gasteiger partial charge in [0.2, 0.25) is 17.7 Å². The molecule has 0 aliphatic carbocycles. The molecular weight excluding hydrogens is 262 g/mol. The molecule has 0 saturated carbocycles. The molecule has 1 saturated heterocycles. The van der Waals surface area contributed by atoms with Gasteiger partial charge >= 0.3 is 0 Å². The van der Waals surface area contributed by atoms with Crippen molar-refractivity contribution in [1.82, 2.24) is 10.6 Å². The van der Waals surface area contributed by atoms with Gasteiger partial charge in [-0.3, -0.25) is 14.4 Å². The third-order valence-corrected chi connectivity index (χ3v) is 3.02. The number of thiophene rings is 1. The molecule has 0 atom stereocenters. The average Bonchev–Trinajstić information content (AvgIpc) is 2.68. The monoisotopic (exact) mass is 269 g/mol. The minimum Gasteiger partial charge on any atom is -0.317 e. The van der Waals surface area contributed by atoms with Gasteiger partial charge in [-0.1, -0.05) is 0 Å². The lowest BCUT2D eigenvalue weighted by molar-refractivity contribution is -0.140. The fraction of sp³-hybridized carbons (Fsp3) is 0.111. The van der Waals surface area contributed by atoms with Gasteiger partial charge in [0, 0.05) is 0 Å². The van der Waals surface area contributed by atoms with E-state index in [1.165, 1.54) is 11.3 Å². The van der Waals surface area contributed by atoms with Crippen LogP contribution in [0.5, 0.6) is 0 Å². The highest BCUT2D eigenvalue weighted by molar-refractivity contribution is 7.80. The van der Waals surface area contributed by atoms with E-state index in [1.807, 2.05) is 0 Å². The van der Waals surface area contributed by atoms with Crippen LogP contribution in [-0.2, 0) is 14.4 Å². The minimum atomic E-state index is -1.41. The second kappa shape index (κ2) is 4.60. The van der Waals surface area contributed by atoms with Crippen molar-refractivity contribution in [2.24, 2.45) is 5.92 Å². The Morgan fingerprint density at radius 1 is 1.35 bits per heavy atom. The summed E-state index contributed by atoms with van der Waals surface area (Å²) >= 11 is 5.92. The Kier molecular flexibility index (Phi) is 3.16. The van der Waals surface area contributed by atoms with Crippen LogP contribution >= 0.6 is 23.6 Å². The van der Waals surface area contributed by atoms with Gasteiger partial charge in [0.25, 0.3) is 0 Å². The number of anilines is 1. The van der Waals surface area contributed by atoms with E-state index in [4.69, 9.17) is 0 Å². The Balaban J connectivity index is 2.11. The molecule has 0 unspecified atom stereocenters. The van der Waals surface area contributed by atoms with Crippen molar-refractivity contribution in [3.05, 3.63) is 17.5 Å². The van der Waals surface area contributed by atoms with Gasteiger partial charge in [-0.2, -0.15) is 0 Å². The zero-order chi connectivity index (χ0) is 12.4. The highest BCUT2D eigenvalue weighted by Crippen LogP contribution is 2.16. The van der Waals surface area contributed by atoms with Crippen LogP contribution in [0.4, 0.5) is 5.00 Å². The van der Waals surface area contributed by atoms with E-state index in [0.29, 0.717) is 5.00 Å². The van der Waals surface area contributed by atoms with Crippen molar-refractivity contribution in [3.63, 3.8) is 0 Å². The lowest BCUT2D eigenvalue weighted by atomic mass is 10.1. The summed E-state index contributed by atoms with van der Waals surface area (Å²) < 4.78 is 0. The molecule has 2 heterocycles. The van der Waals surface area contributed by atoms with Crippen LogP contribution in [0.1, 0.15) is 0 Å². The van der Waals surface area contributed by atoms with Crippen LogP contribution in [0.25, 0.3) is 0 Å². The van der Waals surface area contributed by atoms with E-state index < -0.39 is 23.6 Å². The molecule has 88 valence electrons. The smallest absolute Gasteiger partial charge is 0.248 e. The molecule has 3 N–H and O–H groups in total. The van der Waals surface area contributed by atoms with Gasteiger partial charge in [0.05, 0.1) is 5.00 Å². The van der Waals surface area contributed by atoms with Crippen LogP contribution in [0.3, 0.4) is 0 Å². The predicted molar refractivity (Wildman–Crippen MR) is 65.3 cm³/mol. The first-order valence-corrected chi connectivity index (χ1v) is 5.87. The fourth-order valence-corrected chi connectivity index (χ4v) is 2.12. The molecule has 1 fully saturated rings. The third kappa shape index (κ3) is 2.48. The van der Waals surface area contributed by atoms with Gasteiger partial charge in [-0.05, 0) is 29.7 Å². The average molecular weight is 269 g/mol. The van der Waals surface area contributed by atoms with E-state index in [1.54, 1.807) is 17.5 Å². The summed E-state index contributed by atoms with van der Waals surface area (Å²) in [7, 11) is 0. The molecule has 8 heteroatoms. The molecule has 1 aliphatic rings. The fourth-order valence-electron chi connectivity index (χ4n) is 1.30. The third-order valence-electron chi connectivity index (χ3n) is 2.03. The molecule has 0 bridgehead atoms.